The summed E-state index contributed by atoms with van der Waals surface area (Å²) in [6, 6.07) is 9.26. The number of carbonyl (C=O) groups is 1. The first-order valence-electron chi connectivity index (χ1n) is 6.19. The lowest BCUT2D eigenvalue weighted by Gasteiger charge is -2.02. The van der Waals surface area contributed by atoms with Crippen molar-refractivity contribution in [1.82, 2.24) is 0 Å². The number of benzene rings is 1. The van der Waals surface area contributed by atoms with E-state index in [1.165, 1.54) is 18.2 Å². The van der Waals surface area contributed by atoms with Crippen LogP contribution in [-0.2, 0) is 4.79 Å². The third kappa shape index (κ3) is 3.02. The number of nitriles is 1. The maximum Gasteiger partial charge on any atom is 0.270 e. The average molecular weight is 297 g/mol. The van der Waals surface area contributed by atoms with Gasteiger partial charge in [0, 0.05) is 23.8 Å². The standard InChI is InChI=1S/C15H11N3O4/c1-9-2-3-11(18(20)21)7-13(9)14-5-4-12(22-14)6-10(8-16)15(17)19/h2-7H,1H3,(H2,17,19)/b10-6+. The van der Waals surface area contributed by atoms with E-state index in [4.69, 9.17) is 15.4 Å². The van der Waals surface area contributed by atoms with E-state index in [-0.39, 0.29) is 17.0 Å². The Kier molecular flexibility index (Phi) is 4.04. The molecule has 0 fully saturated rings. The van der Waals surface area contributed by atoms with Crippen molar-refractivity contribution < 1.29 is 14.1 Å². The van der Waals surface area contributed by atoms with E-state index in [1.54, 1.807) is 31.2 Å². The third-order valence-electron chi connectivity index (χ3n) is 3.00. The lowest BCUT2D eigenvalue weighted by molar-refractivity contribution is -0.384. The highest BCUT2D eigenvalue weighted by molar-refractivity contribution is 6.00. The van der Waals surface area contributed by atoms with Gasteiger partial charge in [-0.25, -0.2) is 0 Å². The van der Waals surface area contributed by atoms with E-state index in [1.807, 2.05) is 0 Å². The highest BCUT2D eigenvalue weighted by Crippen LogP contribution is 2.29. The van der Waals surface area contributed by atoms with Gasteiger partial charge in [0.25, 0.3) is 11.6 Å². The topological polar surface area (TPSA) is 123 Å². The second kappa shape index (κ2) is 5.93. The molecule has 1 aromatic carbocycles. The molecule has 0 saturated carbocycles. The summed E-state index contributed by atoms with van der Waals surface area (Å²) in [5.74, 6) is -0.197. The number of carbonyl (C=O) groups excluding carboxylic acids is 1. The van der Waals surface area contributed by atoms with Crippen molar-refractivity contribution in [3.63, 3.8) is 0 Å². The Hall–Kier alpha value is -3.40. The quantitative estimate of drug-likeness (QED) is 0.402. The molecular weight excluding hydrogens is 286 g/mol. The zero-order valence-corrected chi connectivity index (χ0v) is 11.6. The van der Waals surface area contributed by atoms with Gasteiger partial charge in [-0.1, -0.05) is 6.07 Å². The Bertz CT molecular complexity index is 828. The minimum absolute atomic E-state index is 0.0519. The Morgan fingerprint density at radius 2 is 2.14 bits per heavy atom. The van der Waals surface area contributed by atoms with E-state index >= 15 is 0 Å². The number of nitrogens with two attached hydrogens (primary N) is 1. The SMILES string of the molecule is Cc1ccc([N+](=O)[O-])cc1-c1ccc(/C=C(\C#N)C(N)=O)o1. The number of aryl methyl sites for hydroxylation is 1. The molecule has 0 saturated heterocycles. The summed E-state index contributed by atoms with van der Waals surface area (Å²) in [7, 11) is 0. The average Bonchev–Trinajstić information content (AvgIpc) is 2.93. The fraction of sp³-hybridized carbons (Fsp3) is 0.0667. The molecule has 2 rings (SSSR count). The van der Waals surface area contributed by atoms with Gasteiger partial charge in [0.15, 0.2) is 0 Å². The molecule has 0 bridgehead atoms. The molecule has 0 aliphatic carbocycles. The molecule has 22 heavy (non-hydrogen) atoms. The van der Waals surface area contributed by atoms with Gasteiger partial charge in [0.1, 0.15) is 23.2 Å². The molecule has 7 heteroatoms. The molecule has 1 aromatic heterocycles. The number of furan rings is 1. The highest BCUT2D eigenvalue weighted by Gasteiger charge is 2.13. The van der Waals surface area contributed by atoms with Gasteiger partial charge in [-0.2, -0.15) is 5.26 Å². The fourth-order valence-electron chi connectivity index (χ4n) is 1.86. The molecule has 2 N–H and O–H groups in total. The van der Waals surface area contributed by atoms with Crippen molar-refractivity contribution in [1.29, 1.82) is 5.26 Å². The molecule has 0 radical (unpaired) electrons. The molecular formula is C15H11N3O4. The number of rotatable bonds is 4. The number of nitrogens with zero attached hydrogens (tertiary/aromatic N) is 2. The van der Waals surface area contributed by atoms with E-state index in [9.17, 15) is 14.9 Å². The van der Waals surface area contributed by atoms with Crippen molar-refractivity contribution >= 4 is 17.7 Å². The van der Waals surface area contributed by atoms with Crippen LogP contribution in [0.1, 0.15) is 11.3 Å². The van der Waals surface area contributed by atoms with Crippen LogP contribution in [0.4, 0.5) is 5.69 Å². The Morgan fingerprint density at radius 3 is 2.73 bits per heavy atom. The van der Waals surface area contributed by atoms with Gasteiger partial charge in [-0.15, -0.1) is 0 Å². The first-order chi connectivity index (χ1) is 10.4. The zero-order valence-electron chi connectivity index (χ0n) is 11.6. The van der Waals surface area contributed by atoms with Crippen LogP contribution < -0.4 is 5.73 Å². The third-order valence-corrected chi connectivity index (χ3v) is 3.00. The van der Waals surface area contributed by atoms with Crippen LogP contribution in [0.5, 0.6) is 0 Å². The number of non-ortho nitro benzene ring substituents is 1. The van der Waals surface area contributed by atoms with Crippen LogP contribution in [0.25, 0.3) is 17.4 Å². The van der Waals surface area contributed by atoms with E-state index in [2.05, 4.69) is 0 Å². The monoisotopic (exact) mass is 297 g/mol. The summed E-state index contributed by atoms with van der Waals surface area (Å²) in [4.78, 5) is 21.3. The van der Waals surface area contributed by atoms with Gasteiger partial charge in [-0.05, 0) is 24.6 Å². The van der Waals surface area contributed by atoms with Crippen molar-refractivity contribution in [2.45, 2.75) is 6.92 Å². The zero-order chi connectivity index (χ0) is 16.3. The molecule has 0 aliphatic heterocycles. The van der Waals surface area contributed by atoms with E-state index < -0.39 is 10.8 Å². The van der Waals surface area contributed by atoms with Crippen molar-refractivity contribution in [2.24, 2.45) is 5.73 Å². The smallest absolute Gasteiger partial charge is 0.270 e. The maximum absolute atomic E-state index is 11.0. The predicted octanol–water partition coefficient (Wildman–Crippen LogP) is 2.56. The van der Waals surface area contributed by atoms with Crippen LogP contribution >= 0.6 is 0 Å². The van der Waals surface area contributed by atoms with Crippen LogP contribution in [-0.4, -0.2) is 10.8 Å². The van der Waals surface area contributed by atoms with Crippen LogP contribution in [0, 0.1) is 28.4 Å². The number of nitro benzene ring substituents is 1. The van der Waals surface area contributed by atoms with E-state index in [0.29, 0.717) is 11.3 Å². The molecule has 2 aromatic rings. The molecule has 7 nitrogen and oxygen atoms in total. The first kappa shape index (κ1) is 15.0. The highest BCUT2D eigenvalue weighted by atomic mass is 16.6. The number of hydrogen-bond acceptors (Lipinski definition) is 5. The normalized spacial score (nSPS) is 11.0. The molecule has 0 atom stereocenters. The Labute approximate surface area is 125 Å². The van der Waals surface area contributed by atoms with Crippen LogP contribution in [0.2, 0.25) is 0 Å². The van der Waals surface area contributed by atoms with Crippen LogP contribution in [0.15, 0.2) is 40.3 Å². The molecule has 0 unspecified atom stereocenters. The van der Waals surface area contributed by atoms with Gasteiger partial charge in [0.05, 0.1) is 4.92 Å². The minimum atomic E-state index is -0.855. The first-order valence-corrected chi connectivity index (χ1v) is 6.19. The molecule has 1 heterocycles. The van der Waals surface area contributed by atoms with Gasteiger partial charge >= 0.3 is 0 Å². The van der Waals surface area contributed by atoms with Gasteiger partial charge in [0.2, 0.25) is 0 Å². The maximum atomic E-state index is 11.0. The van der Waals surface area contributed by atoms with Crippen molar-refractivity contribution in [2.75, 3.05) is 0 Å². The Balaban J connectivity index is 2.45. The summed E-state index contributed by atoms with van der Waals surface area (Å²) in [6.07, 6.45) is 1.22. The van der Waals surface area contributed by atoms with E-state index in [0.717, 1.165) is 5.56 Å². The largest absolute Gasteiger partial charge is 0.457 e. The number of nitro groups is 1. The minimum Gasteiger partial charge on any atom is -0.457 e. The number of primary amides is 1. The lowest BCUT2D eigenvalue weighted by atomic mass is 10.1. The summed E-state index contributed by atoms with van der Waals surface area (Å²) in [5.41, 5.74) is 6.11. The summed E-state index contributed by atoms with van der Waals surface area (Å²) in [5, 5.41) is 19.6. The lowest BCUT2D eigenvalue weighted by Crippen LogP contribution is -2.12. The summed E-state index contributed by atoms with van der Waals surface area (Å²) in [6.45, 7) is 1.79. The molecule has 0 spiro atoms. The molecule has 1 amide bonds. The predicted molar refractivity (Wildman–Crippen MR) is 78.3 cm³/mol. The van der Waals surface area contributed by atoms with Crippen LogP contribution in [0.3, 0.4) is 0 Å². The van der Waals surface area contributed by atoms with Gasteiger partial charge < -0.3 is 10.2 Å². The van der Waals surface area contributed by atoms with Crippen molar-refractivity contribution in [3.8, 4) is 17.4 Å². The summed E-state index contributed by atoms with van der Waals surface area (Å²) >= 11 is 0. The molecule has 0 aliphatic rings. The second-order valence-corrected chi connectivity index (χ2v) is 4.49. The van der Waals surface area contributed by atoms with Gasteiger partial charge in [-0.3, -0.25) is 14.9 Å². The molecule has 110 valence electrons. The summed E-state index contributed by atoms with van der Waals surface area (Å²) < 4.78 is 5.51. The number of hydrogen-bond donors (Lipinski definition) is 1. The fourth-order valence-corrected chi connectivity index (χ4v) is 1.86. The van der Waals surface area contributed by atoms with Crippen molar-refractivity contribution in [3.05, 3.63) is 57.3 Å². The Morgan fingerprint density at radius 1 is 1.41 bits per heavy atom. The number of amides is 1. The second-order valence-electron chi connectivity index (χ2n) is 4.49.